The fraction of sp³-hybridized carbons (Fsp3) is 0.682. The third-order valence-electron chi connectivity index (χ3n) is 5.58. The molecule has 0 spiro atoms. The van der Waals surface area contributed by atoms with Crippen molar-refractivity contribution in [2.45, 2.75) is 65.1 Å². The molecule has 0 unspecified atom stereocenters. The first-order valence-electron chi connectivity index (χ1n) is 10.3. The SMILES string of the molecule is C[C@@H]1C[C@H](C)CN(Cc2ccc(CNC(=O)CC[C@@H]3CCCO3)cc2)C1. The lowest BCUT2D eigenvalue weighted by molar-refractivity contribution is -0.121. The van der Waals surface area contributed by atoms with Gasteiger partial charge in [-0.1, -0.05) is 38.1 Å². The zero-order valence-corrected chi connectivity index (χ0v) is 16.4. The Kier molecular flexibility index (Phi) is 7.09. The molecule has 0 aromatic heterocycles. The molecule has 2 heterocycles. The van der Waals surface area contributed by atoms with E-state index in [0.717, 1.165) is 44.2 Å². The van der Waals surface area contributed by atoms with Crippen LogP contribution in [0.2, 0.25) is 0 Å². The van der Waals surface area contributed by atoms with Crippen LogP contribution in [0.5, 0.6) is 0 Å². The third kappa shape index (κ3) is 6.10. The summed E-state index contributed by atoms with van der Waals surface area (Å²) in [5.41, 5.74) is 2.53. The minimum Gasteiger partial charge on any atom is -0.378 e. The van der Waals surface area contributed by atoms with Gasteiger partial charge in [0.2, 0.25) is 5.91 Å². The highest BCUT2D eigenvalue weighted by molar-refractivity contribution is 5.75. The van der Waals surface area contributed by atoms with E-state index in [-0.39, 0.29) is 5.91 Å². The number of benzene rings is 1. The molecular formula is C22H34N2O2. The van der Waals surface area contributed by atoms with E-state index < -0.39 is 0 Å². The average Bonchev–Trinajstić information content (AvgIpc) is 3.12. The van der Waals surface area contributed by atoms with Crippen LogP contribution in [-0.2, 0) is 22.6 Å². The van der Waals surface area contributed by atoms with Crippen molar-refractivity contribution in [1.29, 1.82) is 0 Å². The lowest BCUT2D eigenvalue weighted by Crippen LogP contribution is -2.38. The smallest absolute Gasteiger partial charge is 0.220 e. The zero-order valence-electron chi connectivity index (χ0n) is 16.4. The van der Waals surface area contributed by atoms with Crippen LogP contribution in [0.15, 0.2) is 24.3 Å². The van der Waals surface area contributed by atoms with Crippen molar-refractivity contribution in [3.8, 4) is 0 Å². The second-order valence-corrected chi connectivity index (χ2v) is 8.41. The molecule has 2 aliphatic heterocycles. The van der Waals surface area contributed by atoms with Gasteiger partial charge >= 0.3 is 0 Å². The van der Waals surface area contributed by atoms with E-state index >= 15 is 0 Å². The standard InChI is InChI=1S/C22H34N2O2/c1-17-12-18(2)15-24(14-17)16-20-7-5-19(6-8-20)13-23-22(25)10-9-21-4-3-11-26-21/h5-8,17-18,21H,3-4,9-16H2,1-2H3,(H,23,25)/t17-,18+,21-/m0/s1. The second kappa shape index (κ2) is 9.52. The lowest BCUT2D eigenvalue weighted by Gasteiger charge is -2.35. The van der Waals surface area contributed by atoms with Gasteiger partial charge in [0.25, 0.3) is 0 Å². The van der Waals surface area contributed by atoms with E-state index in [1.165, 1.54) is 30.6 Å². The van der Waals surface area contributed by atoms with Gasteiger partial charge in [0.15, 0.2) is 0 Å². The molecule has 0 aliphatic carbocycles. The van der Waals surface area contributed by atoms with Crippen LogP contribution >= 0.6 is 0 Å². The Morgan fingerprint density at radius 2 is 1.85 bits per heavy atom. The van der Waals surface area contributed by atoms with Crippen molar-refractivity contribution in [3.05, 3.63) is 35.4 Å². The highest BCUT2D eigenvalue weighted by Gasteiger charge is 2.21. The molecule has 3 rings (SSSR count). The molecule has 1 aromatic rings. The summed E-state index contributed by atoms with van der Waals surface area (Å²) >= 11 is 0. The molecule has 1 amide bonds. The van der Waals surface area contributed by atoms with Crippen molar-refractivity contribution in [2.24, 2.45) is 11.8 Å². The van der Waals surface area contributed by atoms with Gasteiger partial charge in [-0.3, -0.25) is 9.69 Å². The van der Waals surface area contributed by atoms with Crippen LogP contribution in [0.3, 0.4) is 0 Å². The van der Waals surface area contributed by atoms with Crippen molar-refractivity contribution in [3.63, 3.8) is 0 Å². The molecule has 1 aromatic carbocycles. The van der Waals surface area contributed by atoms with Crippen LogP contribution in [-0.4, -0.2) is 36.6 Å². The van der Waals surface area contributed by atoms with Crippen LogP contribution in [0.25, 0.3) is 0 Å². The molecule has 2 fully saturated rings. The number of nitrogens with zero attached hydrogens (tertiary/aromatic N) is 1. The fourth-order valence-electron chi connectivity index (χ4n) is 4.39. The highest BCUT2D eigenvalue weighted by atomic mass is 16.5. The summed E-state index contributed by atoms with van der Waals surface area (Å²) in [6.45, 7) is 9.61. The van der Waals surface area contributed by atoms with E-state index in [1.807, 2.05) is 0 Å². The summed E-state index contributed by atoms with van der Waals surface area (Å²) in [7, 11) is 0. The quantitative estimate of drug-likeness (QED) is 0.807. The predicted molar refractivity (Wildman–Crippen MR) is 105 cm³/mol. The summed E-state index contributed by atoms with van der Waals surface area (Å²) in [4.78, 5) is 14.6. The molecule has 0 saturated carbocycles. The number of likely N-dealkylation sites (tertiary alicyclic amines) is 1. The van der Waals surface area contributed by atoms with Gasteiger partial charge in [0.05, 0.1) is 6.10 Å². The van der Waals surface area contributed by atoms with Gasteiger partial charge in [-0.15, -0.1) is 0 Å². The zero-order chi connectivity index (χ0) is 18.4. The highest BCUT2D eigenvalue weighted by Crippen LogP contribution is 2.22. The first kappa shape index (κ1) is 19.4. The monoisotopic (exact) mass is 358 g/mol. The second-order valence-electron chi connectivity index (χ2n) is 8.41. The van der Waals surface area contributed by atoms with Gasteiger partial charge in [-0.05, 0) is 48.6 Å². The van der Waals surface area contributed by atoms with E-state index in [0.29, 0.717) is 19.1 Å². The van der Waals surface area contributed by atoms with Gasteiger partial charge in [0.1, 0.15) is 0 Å². The predicted octanol–water partition coefficient (Wildman–Crippen LogP) is 3.74. The van der Waals surface area contributed by atoms with Gasteiger partial charge in [-0.25, -0.2) is 0 Å². The first-order chi connectivity index (χ1) is 12.6. The van der Waals surface area contributed by atoms with Crippen molar-refractivity contribution in [1.82, 2.24) is 10.2 Å². The molecule has 2 aliphatic rings. The molecule has 1 N–H and O–H groups in total. The van der Waals surface area contributed by atoms with Crippen LogP contribution < -0.4 is 5.32 Å². The summed E-state index contributed by atoms with van der Waals surface area (Å²) < 4.78 is 5.57. The largest absolute Gasteiger partial charge is 0.378 e. The van der Waals surface area contributed by atoms with E-state index in [4.69, 9.17) is 4.74 Å². The number of ether oxygens (including phenoxy) is 1. The Morgan fingerprint density at radius 1 is 1.15 bits per heavy atom. The van der Waals surface area contributed by atoms with Crippen LogP contribution in [0.4, 0.5) is 0 Å². The molecule has 0 radical (unpaired) electrons. The summed E-state index contributed by atoms with van der Waals surface area (Å²) in [5, 5.41) is 3.03. The number of amides is 1. The van der Waals surface area contributed by atoms with Crippen LogP contribution in [0, 0.1) is 11.8 Å². The number of rotatable bonds is 7. The van der Waals surface area contributed by atoms with Gasteiger partial charge < -0.3 is 10.1 Å². The fourth-order valence-corrected chi connectivity index (χ4v) is 4.39. The van der Waals surface area contributed by atoms with Gasteiger partial charge in [0, 0.05) is 39.2 Å². The number of piperidine rings is 1. The van der Waals surface area contributed by atoms with Crippen molar-refractivity contribution < 1.29 is 9.53 Å². The average molecular weight is 359 g/mol. The summed E-state index contributed by atoms with van der Waals surface area (Å²) in [6.07, 6.45) is 5.28. The Hall–Kier alpha value is -1.39. The van der Waals surface area contributed by atoms with Crippen molar-refractivity contribution >= 4 is 5.91 Å². The van der Waals surface area contributed by atoms with E-state index in [9.17, 15) is 4.79 Å². The minimum absolute atomic E-state index is 0.126. The van der Waals surface area contributed by atoms with E-state index in [1.54, 1.807) is 0 Å². The molecule has 3 atom stereocenters. The van der Waals surface area contributed by atoms with Gasteiger partial charge in [-0.2, -0.15) is 0 Å². The molecule has 144 valence electrons. The topological polar surface area (TPSA) is 41.6 Å². The molecule has 2 saturated heterocycles. The maximum Gasteiger partial charge on any atom is 0.220 e. The molecule has 4 nitrogen and oxygen atoms in total. The first-order valence-corrected chi connectivity index (χ1v) is 10.3. The maximum absolute atomic E-state index is 12.0. The third-order valence-corrected chi connectivity index (χ3v) is 5.58. The number of hydrogen-bond acceptors (Lipinski definition) is 3. The minimum atomic E-state index is 0.126. The Morgan fingerprint density at radius 3 is 2.50 bits per heavy atom. The summed E-state index contributed by atoms with van der Waals surface area (Å²) in [6, 6.07) is 8.70. The maximum atomic E-state index is 12.0. The Bertz CT molecular complexity index is 556. The van der Waals surface area contributed by atoms with Crippen LogP contribution in [0.1, 0.15) is 57.1 Å². The molecule has 0 bridgehead atoms. The number of carbonyl (C=O) groups excluding carboxylic acids is 1. The number of nitrogens with one attached hydrogen (secondary N) is 1. The number of hydrogen-bond donors (Lipinski definition) is 1. The summed E-state index contributed by atoms with van der Waals surface area (Å²) in [5.74, 6) is 1.71. The van der Waals surface area contributed by atoms with Crippen molar-refractivity contribution in [2.75, 3.05) is 19.7 Å². The molecule has 4 heteroatoms. The van der Waals surface area contributed by atoms with E-state index in [2.05, 4.69) is 48.3 Å². The molecular weight excluding hydrogens is 324 g/mol. The Balaban J connectivity index is 1.39. The Labute approximate surface area is 158 Å². The lowest BCUT2D eigenvalue weighted by atomic mass is 9.91. The normalized spacial score (nSPS) is 26.8. The number of carbonyl (C=O) groups is 1. The molecule has 26 heavy (non-hydrogen) atoms.